The van der Waals surface area contributed by atoms with Crippen LogP contribution in [0.4, 0.5) is 0 Å². The van der Waals surface area contributed by atoms with Crippen molar-refractivity contribution in [1.29, 1.82) is 0 Å². The fourth-order valence-electron chi connectivity index (χ4n) is 1.82. The summed E-state index contributed by atoms with van der Waals surface area (Å²) in [5.41, 5.74) is 5.59. The summed E-state index contributed by atoms with van der Waals surface area (Å²) in [6, 6.07) is 0. The van der Waals surface area contributed by atoms with Crippen LogP contribution in [0.2, 0.25) is 0 Å². The van der Waals surface area contributed by atoms with Crippen LogP contribution in [0.3, 0.4) is 0 Å². The van der Waals surface area contributed by atoms with E-state index >= 15 is 0 Å². The summed E-state index contributed by atoms with van der Waals surface area (Å²) in [4.78, 5) is 11.6. The molecule has 2 rings (SSSR count). The van der Waals surface area contributed by atoms with Crippen molar-refractivity contribution in [3.63, 3.8) is 0 Å². The van der Waals surface area contributed by atoms with Gasteiger partial charge in [0.2, 0.25) is 5.91 Å². The monoisotopic (exact) mass is 248 g/mol. The SMILES string of the molecule is COCCC1(CNC(=O)C2(N)CC2)CC1.Cl. The molecule has 94 valence electrons. The summed E-state index contributed by atoms with van der Waals surface area (Å²) in [5, 5.41) is 2.98. The zero-order valence-corrected chi connectivity index (χ0v) is 10.6. The minimum atomic E-state index is -0.530. The minimum Gasteiger partial charge on any atom is -0.385 e. The Labute approximate surface area is 103 Å². The van der Waals surface area contributed by atoms with Crippen molar-refractivity contribution in [2.75, 3.05) is 20.3 Å². The number of methoxy groups -OCH3 is 1. The van der Waals surface area contributed by atoms with Crippen LogP contribution >= 0.6 is 12.4 Å². The smallest absolute Gasteiger partial charge is 0.240 e. The molecule has 2 fully saturated rings. The van der Waals surface area contributed by atoms with Gasteiger partial charge in [0.05, 0.1) is 5.54 Å². The molecule has 0 aromatic rings. The number of amides is 1. The molecule has 5 heteroatoms. The molecule has 1 amide bonds. The predicted molar refractivity (Wildman–Crippen MR) is 64.6 cm³/mol. The van der Waals surface area contributed by atoms with E-state index < -0.39 is 5.54 Å². The third-order valence-corrected chi connectivity index (χ3v) is 3.66. The number of carbonyl (C=O) groups is 1. The lowest BCUT2D eigenvalue weighted by Gasteiger charge is -2.17. The van der Waals surface area contributed by atoms with E-state index in [1.165, 1.54) is 12.8 Å². The van der Waals surface area contributed by atoms with Gasteiger partial charge in [-0.05, 0) is 37.5 Å². The first kappa shape index (κ1) is 13.7. The van der Waals surface area contributed by atoms with Crippen molar-refractivity contribution in [2.24, 2.45) is 11.1 Å². The van der Waals surface area contributed by atoms with E-state index in [2.05, 4.69) is 5.32 Å². The van der Waals surface area contributed by atoms with Gasteiger partial charge in [0.15, 0.2) is 0 Å². The molecule has 0 bridgehead atoms. The quantitative estimate of drug-likeness (QED) is 0.732. The second kappa shape index (κ2) is 4.90. The average molecular weight is 249 g/mol. The van der Waals surface area contributed by atoms with E-state index in [1.54, 1.807) is 7.11 Å². The number of hydrogen-bond acceptors (Lipinski definition) is 3. The summed E-state index contributed by atoms with van der Waals surface area (Å²) in [5.74, 6) is 0.0335. The van der Waals surface area contributed by atoms with Crippen LogP contribution in [0.1, 0.15) is 32.1 Å². The topological polar surface area (TPSA) is 64.3 Å². The van der Waals surface area contributed by atoms with Gasteiger partial charge in [-0.15, -0.1) is 12.4 Å². The largest absolute Gasteiger partial charge is 0.385 e. The maximum absolute atomic E-state index is 11.6. The number of carbonyl (C=O) groups excluding carboxylic acids is 1. The second-order valence-electron chi connectivity index (χ2n) is 5.08. The molecule has 0 aromatic heterocycles. The average Bonchev–Trinajstić information content (AvgIpc) is 3.11. The Morgan fingerprint density at radius 1 is 1.38 bits per heavy atom. The van der Waals surface area contributed by atoms with E-state index in [0.717, 1.165) is 32.4 Å². The molecule has 0 saturated heterocycles. The summed E-state index contributed by atoms with van der Waals surface area (Å²) in [7, 11) is 1.72. The van der Waals surface area contributed by atoms with Crippen LogP contribution in [-0.2, 0) is 9.53 Å². The molecule has 0 heterocycles. The molecule has 16 heavy (non-hydrogen) atoms. The molecule has 0 unspecified atom stereocenters. The maximum atomic E-state index is 11.6. The van der Waals surface area contributed by atoms with Crippen molar-refractivity contribution in [1.82, 2.24) is 5.32 Å². The van der Waals surface area contributed by atoms with Crippen molar-refractivity contribution < 1.29 is 9.53 Å². The molecule has 3 N–H and O–H groups in total. The standard InChI is InChI=1S/C11H20N2O2.ClH/c1-15-7-6-10(2-3-10)8-13-9(14)11(12)4-5-11;/h2-8,12H2,1H3,(H,13,14);1H. The van der Waals surface area contributed by atoms with E-state index in [1.807, 2.05) is 0 Å². The fraction of sp³-hybridized carbons (Fsp3) is 0.909. The molecular formula is C11H21ClN2O2. The van der Waals surface area contributed by atoms with Crippen molar-refractivity contribution in [3.05, 3.63) is 0 Å². The molecule has 2 aliphatic rings. The third kappa shape index (κ3) is 3.09. The van der Waals surface area contributed by atoms with Crippen LogP contribution in [0.5, 0.6) is 0 Å². The van der Waals surface area contributed by atoms with Gasteiger partial charge >= 0.3 is 0 Å². The highest BCUT2D eigenvalue weighted by molar-refractivity contribution is 5.89. The normalized spacial score (nSPS) is 23.1. The van der Waals surface area contributed by atoms with Crippen LogP contribution in [0.25, 0.3) is 0 Å². The molecule has 0 atom stereocenters. The maximum Gasteiger partial charge on any atom is 0.240 e. The number of hydrogen-bond donors (Lipinski definition) is 2. The third-order valence-electron chi connectivity index (χ3n) is 3.66. The van der Waals surface area contributed by atoms with Gasteiger partial charge in [-0.3, -0.25) is 4.79 Å². The van der Waals surface area contributed by atoms with Crippen molar-refractivity contribution in [3.8, 4) is 0 Å². The van der Waals surface area contributed by atoms with Crippen LogP contribution in [-0.4, -0.2) is 31.7 Å². The minimum absolute atomic E-state index is 0. The first-order valence-electron chi connectivity index (χ1n) is 5.66. The fourth-order valence-corrected chi connectivity index (χ4v) is 1.82. The Bertz CT molecular complexity index is 263. The number of nitrogens with two attached hydrogens (primary N) is 1. The Balaban J connectivity index is 0.00000128. The number of rotatable bonds is 6. The second-order valence-corrected chi connectivity index (χ2v) is 5.08. The number of nitrogens with one attached hydrogen (secondary N) is 1. The number of ether oxygens (including phenoxy) is 1. The van der Waals surface area contributed by atoms with E-state index in [9.17, 15) is 4.79 Å². The van der Waals surface area contributed by atoms with Gasteiger partial charge in [0.25, 0.3) is 0 Å². The summed E-state index contributed by atoms with van der Waals surface area (Å²) >= 11 is 0. The van der Waals surface area contributed by atoms with Gasteiger partial charge in [-0.25, -0.2) is 0 Å². The lowest BCUT2D eigenvalue weighted by molar-refractivity contribution is -0.123. The Morgan fingerprint density at radius 3 is 2.44 bits per heavy atom. The zero-order chi connectivity index (χ0) is 10.9. The number of halogens is 1. The summed E-state index contributed by atoms with van der Waals surface area (Å²) in [6.45, 7) is 1.55. The first-order chi connectivity index (χ1) is 7.10. The van der Waals surface area contributed by atoms with Crippen molar-refractivity contribution in [2.45, 2.75) is 37.6 Å². The van der Waals surface area contributed by atoms with Gasteiger partial charge in [-0.1, -0.05) is 0 Å². The molecular weight excluding hydrogens is 228 g/mol. The van der Waals surface area contributed by atoms with Gasteiger partial charge < -0.3 is 15.8 Å². The first-order valence-corrected chi connectivity index (χ1v) is 5.66. The molecule has 2 aliphatic carbocycles. The van der Waals surface area contributed by atoms with Crippen molar-refractivity contribution >= 4 is 18.3 Å². The Hall–Kier alpha value is -0.320. The molecule has 0 spiro atoms. The van der Waals surface area contributed by atoms with Gasteiger partial charge in [0.1, 0.15) is 0 Å². The van der Waals surface area contributed by atoms with E-state index in [0.29, 0.717) is 5.41 Å². The summed E-state index contributed by atoms with van der Waals surface area (Å²) < 4.78 is 5.07. The van der Waals surface area contributed by atoms with Gasteiger partial charge in [-0.2, -0.15) is 0 Å². The summed E-state index contributed by atoms with van der Waals surface area (Å²) in [6.07, 6.45) is 5.12. The van der Waals surface area contributed by atoms with Crippen LogP contribution in [0, 0.1) is 5.41 Å². The highest BCUT2D eigenvalue weighted by Crippen LogP contribution is 2.48. The zero-order valence-electron chi connectivity index (χ0n) is 9.75. The van der Waals surface area contributed by atoms with E-state index in [4.69, 9.17) is 10.5 Å². The predicted octanol–water partition coefficient (Wildman–Crippen LogP) is 0.832. The molecule has 0 aromatic carbocycles. The highest BCUT2D eigenvalue weighted by Gasteiger charge is 2.48. The van der Waals surface area contributed by atoms with Crippen LogP contribution in [0.15, 0.2) is 0 Å². The Morgan fingerprint density at radius 2 is 2.00 bits per heavy atom. The highest BCUT2D eigenvalue weighted by atomic mass is 35.5. The lowest BCUT2D eigenvalue weighted by Crippen LogP contribution is -2.44. The van der Waals surface area contributed by atoms with Crippen LogP contribution < -0.4 is 11.1 Å². The Kier molecular flexibility index (Phi) is 4.21. The molecule has 0 aliphatic heterocycles. The van der Waals surface area contributed by atoms with E-state index in [-0.39, 0.29) is 18.3 Å². The lowest BCUT2D eigenvalue weighted by atomic mass is 10.0. The molecule has 2 saturated carbocycles. The molecule has 4 nitrogen and oxygen atoms in total. The van der Waals surface area contributed by atoms with Gasteiger partial charge in [0, 0.05) is 20.3 Å². The molecule has 0 radical (unpaired) electrons.